The van der Waals surface area contributed by atoms with Gasteiger partial charge in [-0.05, 0) is 87.2 Å². The van der Waals surface area contributed by atoms with Gasteiger partial charge in [-0.3, -0.25) is 0 Å². The second kappa shape index (κ2) is 8.25. The molecule has 0 amide bonds. The summed E-state index contributed by atoms with van der Waals surface area (Å²) in [7, 11) is 0. The van der Waals surface area contributed by atoms with E-state index >= 15 is 0 Å². The quantitative estimate of drug-likeness (QED) is 0.562. The molecule has 0 aromatic heterocycles. The Morgan fingerprint density at radius 3 is 2.71 bits per heavy atom. The molecule has 112 valence electrons. The van der Waals surface area contributed by atoms with Crippen LogP contribution in [0, 0.1) is 9.39 Å². The lowest BCUT2D eigenvalue weighted by Crippen LogP contribution is -2.24. The smallest absolute Gasteiger partial charge is 0.137 e. The molecule has 1 N–H and O–H groups in total. The van der Waals surface area contributed by atoms with E-state index in [9.17, 15) is 4.39 Å². The first-order valence-electron chi connectivity index (χ1n) is 7.03. The third-order valence-corrected chi connectivity index (χ3v) is 4.91. The highest BCUT2D eigenvalue weighted by Gasteiger charge is 2.15. The normalized spacial score (nSPS) is 12.4. The number of halogens is 3. The highest BCUT2D eigenvalue weighted by atomic mass is 127. The second-order valence-corrected chi connectivity index (χ2v) is 7.02. The molecule has 0 aliphatic rings. The van der Waals surface area contributed by atoms with Crippen molar-refractivity contribution in [3.05, 3.63) is 67.5 Å². The molecule has 0 radical (unpaired) electrons. The Bertz CT molecular complexity index is 603. The molecule has 0 aliphatic heterocycles. The Hall–Kier alpha value is -0.460. The fourth-order valence-corrected chi connectivity index (χ4v) is 3.27. The van der Waals surface area contributed by atoms with Crippen molar-refractivity contribution in [3.63, 3.8) is 0 Å². The molecule has 1 unspecified atom stereocenters. The minimum Gasteiger partial charge on any atom is -0.310 e. The largest absolute Gasteiger partial charge is 0.310 e. The van der Waals surface area contributed by atoms with Gasteiger partial charge < -0.3 is 5.32 Å². The third kappa shape index (κ3) is 4.76. The second-order valence-electron chi connectivity index (χ2n) is 4.98. The molecule has 4 heteroatoms. The van der Waals surface area contributed by atoms with Crippen molar-refractivity contribution in [3.8, 4) is 0 Å². The van der Waals surface area contributed by atoms with Gasteiger partial charge in [0.25, 0.3) is 0 Å². The molecule has 0 aliphatic carbocycles. The van der Waals surface area contributed by atoms with Crippen molar-refractivity contribution >= 4 is 38.5 Å². The maximum absolute atomic E-state index is 13.7. The SMILES string of the molecule is CCCNC(Cc1cccc(F)c1Br)c1cccc(I)c1. The first-order chi connectivity index (χ1) is 10.1. The molecule has 0 heterocycles. The van der Waals surface area contributed by atoms with Gasteiger partial charge in [0.05, 0.1) is 4.47 Å². The van der Waals surface area contributed by atoms with Crippen LogP contribution < -0.4 is 5.32 Å². The Labute approximate surface area is 147 Å². The van der Waals surface area contributed by atoms with Crippen LogP contribution in [0.25, 0.3) is 0 Å². The zero-order valence-corrected chi connectivity index (χ0v) is 15.6. The van der Waals surface area contributed by atoms with Crippen LogP contribution in [0.1, 0.15) is 30.5 Å². The zero-order chi connectivity index (χ0) is 15.2. The topological polar surface area (TPSA) is 12.0 Å². The van der Waals surface area contributed by atoms with Crippen molar-refractivity contribution in [1.82, 2.24) is 5.32 Å². The predicted octanol–water partition coefficient (Wildman–Crippen LogP) is 5.48. The first-order valence-corrected chi connectivity index (χ1v) is 8.90. The van der Waals surface area contributed by atoms with Gasteiger partial charge >= 0.3 is 0 Å². The van der Waals surface area contributed by atoms with Crippen LogP contribution in [-0.2, 0) is 6.42 Å². The Morgan fingerprint density at radius 2 is 2.00 bits per heavy atom. The van der Waals surface area contributed by atoms with E-state index in [0.717, 1.165) is 24.9 Å². The van der Waals surface area contributed by atoms with Gasteiger partial charge in [0.1, 0.15) is 5.82 Å². The fourth-order valence-electron chi connectivity index (χ4n) is 2.28. The third-order valence-electron chi connectivity index (χ3n) is 3.35. The molecule has 0 bridgehead atoms. The highest BCUT2D eigenvalue weighted by molar-refractivity contribution is 14.1. The van der Waals surface area contributed by atoms with Gasteiger partial charge in [-0.2, -0.15) is 0 Å². The molecule has 2 aromatic carbocycles. The number of nitrogens with one attached hydrogen (secondary N) is 1. The summed E-state index contributed by atoms with van der Waals surface area (Å²) >= 11 is 5.68. The summed E-state index contributed by atoms with van der Waals surface area (Å²) in [5.74, 6) is -0.204. The molecule has 1 nitrogen and oxygen atoms in total. The van der Waals surface area contributed by atoms with Gasteiger partial charge in [-0.15, -0.1) is 0 Å². The van der Waals surface area contributed by atoms with Crippen LogP contribution in [-0.4, -0.2) is 6.54 Å². The zero-order valence-electron chi connectivity index (χ0n) is 11.9. The molecule has 2 aromatic rings. The van der Waals surface area contributed by atoms with Crippen LogP contribution in [0.15, 0.2) is 46.9 Å². The van der Waals surface area contributed by atoms with E-state index in [2.05, 4.69) is 75.0 Å². The van der Waals surface area contributed by atoms with Gasteiger partial charge in [0, 0.05) is 9.61 Å². The molecule has 2 rings (SSSR count). The Balaban J connectivity index is 2.26. The molecule has 0 fully saturated rings. The lowest BCUT2D eigenvalue weighted by atomic mass is 9.98. The fraction of sp³-hybridized carbons (Fsp3) is 0.294. The number of benzene rings is 2. The van der Waals surface area contributed by atoms with Crippen LogP contribution in [0.3, 0.4) is 0 Å². The first kappa shape index (κ1) is 16.9. The van der Waals surface area contributed by atoms with E-state index in [0.29, 0.717) is 4.47 Å². The van der Waals surface area contributed by atoms with E-state index in [4.69, 9.17) is 0 Å². The van der Waals surface area contributed by atoms with Gasteiger partial charge in [0.2, 0.25) is 0 Å². The summed E-state index contributed by atoms with van der Waals surface area (Å²) in [5, 5.41) is 3.56. The van der Waals surface area contributed by atoms with Crippen LogP contribution >= 0.6 is 38.5 Å². The average Bonchev–Trinajstić information content (AvgIpc) is 2.47. The standard InChI is InChI=1S/C17H18BrFIN/c1-2-9-21-16(12-5-3-7-14(20)10-12)11-13-6-4-8-15(19)17(13)18/h3-8,10,16,21H,2,9,11H2,1H3. The van der Waals surface area contributed by atoms with E-state index in [1.54, 1.807) is 6.07 Å². The minimum absolute atomic E-state index is 0.192. The molecule has 0 spiro atoms. The van der Waals surface area contributed by atoms with Crippen LogP contribution in [0.4, 0.5) is 4.39 Å². The predicted molar refractivity (Wildman–Crippen MR) is 98.0 cm³/mol. The van der Waals surface area contributed by atoms with Crippen LogP contribution in [0.2, 0.25) is 0 Å². The van der Waals surface area contributed by atoms with Crippen molar-refractivity contribution in [2.45, 2.75) is 25.8 Å². The molecular weight excluding hydrogens is 444 g/mol. The van der Waals surface area contributed by atoms with Crippen molar-refractivity contribution in [2.75, 3.05) is 6.54 Å². The van der Waals surface area contributed by atoms with Crippen molar-refractivity contribution in [1.29, 1.82) is 0 Å². The minimum atomic E-state index is -0.204. The summed E-state index contributed by atoms with van der Waals surface area (Å²) in [5.41, 5.74) is 2.23. The molecular formula is C17H18BrFIN. The lowest BCUT2D eigenvalue weighted by Gasteiger charge is -2.20. The lowest BCUT2D eigenvalue weighted by molar-refractivity contribution is 0.525. The van der Waals surface area contributed by atoms with E-state index in [-0.39, 0.29) is 11.9 Å². The molecule has 0 saturated carbocycles. The van der Waals surface area contributed by atoms with Gasteiger partial charge in [-0.1, -0.05) is 31.2 Å². The number of hydrogen-bond acceptors (Lipinski definition) is 1. The van der Waals surface area contributed by atoms with Gasteiger partial charge in [-0.25, -0.2) is 4.39 Å². The average molecular weight is 462 g/mol. The maximum Gasteiger partial charge on any atom is 0.137 e. The van der Waals surface area contributed by atoms with E-state index < -0.39 is 0 Å². The summed E-state index contributed by atoms with van der Waals surface area (Å²) in [6.45, 7) is 3.10. The number of hydrogen-bond donors (Lipinski definition) is 1. The van der Waals surface area contributed by atoms with Gasteiger partial charge in [0.15, 0.2) is 0 Å². The number of rotatable bonds is 6. The van der Waals surface area contributed by atoms with Crippen molar-refractivity contribution in [2.24, 2.45) is 0 Å². The highest BCUT2D eigenvalue weighted by Crippen LogP contribution is 2.26. The maximum atomic E-state index is 13.7. The summed E-state index contributed by atoms with van der Waals surface area (Å²) < 4.78 is 15.5. The summed E-state index contributed by atoms with van der Waals surface area (Å²) in [6, 6.07) is 13.9. The van der Waals surface area contributed by atoms with E-state index in [1.807, 2.05) is 6.07 Å². The van der Waals surface area contributed by atoms with Crippen LogP contribution in [0.5, 0.6) is 0 Å². The molecule has 21 heavy (non-hydrogen) atoms. The monoisotopic (exact) mass is 461 g/mol. The summed E-state index contributed by atoms with van der Waals surface area (Å²) in [6.07, 6.45) is 1.84. The molecule has 0 saturated heterocycles. The molecule has 1 atom stereocenters. The summed E-state index contributed by atoms with van der Waals surface area (Å²) in [4.78, 5) is 0. The Morgan fingerprint density at radius 1 is 1.24 bits per heavy atom. The van der Waals surface area contributed by atoms with E-state index in [1.165, 1.54) is 15.2 Å². The van der Waals surface area contributed by atoms with Crippen molar-refractivity contribution < 1.29 is 4.39 Å². The Kier molecular flexibility index (Phi) is 6.64.